The van der Waals surface area contributed by atoms with E-state index in [-0.39, 0.29) is 11.7 Å². The molecule has 1 fully saturated rings. The molecule has 0 saturated carbocycles. The van der Waals surface area contributed by atoms with Crippen LogP contribution < -0.4 is 5.32 Å². The number of nitrogens with one attached hydrogen (secondary N) is 1. The zero-order valence-electron chi connectivity index (χ0n) is 9.20. The summed E-state index contributed by atoms with van der Waals surface area (Å²) in [4.78, 5) is 0. The normalized spacial score (nSPS) is 25.2. The van der Waals surface area contributed by atoms with Gasteiger partial charge in [0.15, 0.2) is 0 Å². The fraction of sp³-hybridized carbons (Fsp3) is 0.500. The summed E-state index contributed by atoms with van der Waals surface area (Å²) in [5, 5.41) is 3.02. The maximum atomic E-state index is 12.8. The van der Waals surface area contributed by atoms with Crippen molar-refractivity contribution < 1.29 is 17.9 Å². The van der Waals surface area contributed by atoms with Gasteiger partial charge in [-0.2, -0.15) is 8.78 Å². The Morgan fingerprint density at radius 2 is 1.94 bits per heavy atom. The van der Waals surface area contributed by atoms with Gasteiger partial charge < -0.3 is 10.1 Å². The van der Waals surface area contributed by atoms with Crippen molar-refractivity contribution in [2.75, 3.05) is 13.1 Å². The molecule has 1 N–H and O–H groups in total. The van der Waals surface area contributed by atoms with Gasteiger partial charge in [0.1, 0.15) is 5.82 Å². The third-order valence-corrected chi connectivity index (χ3v) is 3.00. The van der Waals surface area contributed by atoms with Gasteiger partial charge in [0.25, 0.3) is 0 Å². The van der Waals surface area contributed by atoms with Crippen molar-refractivity contribution in [1.29, 1.82) is 0 Å². The van der Waals surface area contributed by atoms with Crippen molar-refractivity contribution in [3.05, 3.63) is 35.6 Å². The summed E-state index contributed by atoms with van der Waals surface area (Å²) in [5.74, 6) is -0.431. The average Bonchev–Trinajstić information content (AvgIpc) is 2.30. The largest absolute Gasteiger partial charge is 0.345 e. The van der Waals surface area contributed by atoms with Crippen molar-refractivity contribution >= 4 is 0 Å². The van der Waals surface area contributed by atoms with E-state index in [0.29, 0.717) is 13.0 Å². The maximum absolute atomic E-state index is 12.8. The van der Waals surface area contributed by atoms with Crippen LogP contribution in [0.5, 0.6) is 0 Å². The van der Waals surface area contributed by atoms with Crippen LogP contribution in [0.25, 0.3) is 0 Å². The molecule has 1 aliphatic rings. The molecule has 2 rings (SSSR count). The fourth-order valence-electron chi connectivity index (χ4n) is 2.20. The Morgan fingerprint density at radius 3 is 2.59 bits per heavy atom. The lowest BCUT2D eigenvalue weighted by atomic mass is 9.88. The van der Waals surface area contributed by atoms with Gasteiger partial charge in [0, 0.05) is 12.5 Å². The van der Waals surface area contributed by atoms with Gasteiger partial charge in [-0.3, -0.25) is 0 Å². The van der Waals surface area contributed by atoms with Gasteiger partial charge in [-0.1, -0.05) is 12.1 Å². The summed E-state index contributed by atoms with van der Waals surface area (Å²) in [6, 6.07) is 5.95. The quantitative estimate of drug-likeness (QED) is 0.883. The number of hydrogen-bond donors (Lipinski definition) is 1. The molecule has 0 bridgehead atoms. The Balaban J connectivity index is 2.12. The highest BCUT2D eigenvalue weighted by Gasteiger charge is 2.29. The minimum atomic E-state index is -2.78. The van der Waals surface area contributed by atoms with E-state index in [1.165, 1.54) is 12.1 Å². The number of benzene rings is 1. The lowest BCUT2D eigenvalue weighted by Crippen LogP contribution is -2.41. The lowest BCUT2D eigenvalue weighted by molar-refractivity contribution is -0.170. The molecular weight excluding hydrogens is 231 g/mol. The van der Waals surface area contributed by atoms with Crippen molar-refractivity contribution in [3.8, 4) is 0 Å². The molecule has 0 aromatic heterocycles. The van der Waals surface area contributed by atoms with Crippen molar-refractivity contribution in [1.82, 2.24) is 5.32 Å². The van der Waals surface area contributed by atoms with E-state index in [1.54, 1.807) is 12.1 Å². The number of piperidine rings is 1. The molecule has 94 valence electrons. The van der Waals surface area contributed by atoms with Crippen LogP contribution >= 0.6 is 0 Å². The van der Waals surface area contributed by atoms with Crippen LogP contribution in [0.1, 0.15) is 17.9 Å². The molecule has 0 spiro atoms. The highest BCUT2D eigenvalue weighted by atomic mass is 19.3. The Bertz CT molecular complexity index is 355. The molecular formula is C12H14F3NO. The summed E-state index contributed by atoms with van der Waals surface area (Å²) < 4.78 is 41.9. The molecule has 1 aliphatic heterocycles. The molecule has 17 heavy (non-hydrogen) atoms. The molecule has 2 nitrogen and oxygen atoms in total. The first kappa shape index (κ1) is 12.4. The average molecular weight is 245 g/mol. The van der Waals surface area contributed by atoms with E-state index in [9.17, 15) is 13.2 Å². The van der Waals surface area contributed by atoms with Crippen LogP contribution in [0.2, 0.25) is 0 Å². The second kappa shape index (κ2) is 5.51. The predicted octanol–water partition coefficient (Wildman–Crippen LogP) is 2.51. The van der Waals surface area contributed by atoms with Crippen LogP contribution in [-0.4, -0.2) is 25.8 Å². The summed E-state index contributed by atoms with van der Waals surface area (Å²) in [6.45, 7) is -1.62. The highest BCUT2D eigenvalue weighted by Crippen LogP contribution is 2.28. The zero-order chi connectivity index (χ0) is 12.3. The second-order valence-electron chi connectivity index (χ2n) is 4.09. The third-order valence-electron chi connectivity index (χ3n) is 3.00. The molecule has 0 amide bonds. The number of rotatable bonds is 3. The van der Waals surface area contributed by atoms with E-state index in [1.807, 2.05) is 0 Å². The number of alkyl halides is 2. The number of hydrogen-bond acceptors (Lipinski definition) is 2. The van der Waals surface area contributed by atoms with Crippen LogP contribution in [0.3, 0.4) is 0 Å². The van der Waals surface area contributed by atoms with Crippen LogP contribution in [-0.2, 0) is 4.74 Å². The van der Waals surface area contributed by atoms with Crippen molar-refractivity contribution in [2.45, 2.75) is 25.1 Å². The zero-order valence-corrected chi connectivity index (χ0v) is 9.20. The van der Waals surface area contributed by atoms with Crippen LogP contribution in [0.4, 0.5) is 13.2 Å². The molecule has 5 heteroatoms. The standard InChI is InChI=1S/C12H14F3NO/c13-9-3-1-8(2-4-9)10-5-6-16-7-11(10)17-12(14)15/h1-4,10-12,16H,5-7H2/t10-,11+/m1/s1. The maximum Gasteiger partial charge on any atom is 0.345 e. The van der Waals surface area contributed by atoms with E-state index in [4.69, 9.17) is 0 Å². The summed E-state index contributed by atoms with van der Waals surface area (Å²) in [7, 11) is 0. The van der Waals surface area contributed by atoms with Crippen LogP contribution in [0, 0.1) is 5.82 Å². The molecule has 0 radical (unpaired) electrons. The van der Waals surface area contributed by atoms with E-state index in [0.717, 1.165) is 12.1 Å². The molecule has 1 saturated heterocycles. The molecule has 0 aliphatic carbocycles. The van der Waals surface area contributed by atoms with E-state index >= 15 is 0 Å². The van der Waals surface area contributed by atoms with Gasteiger partial charge in [0.2, 0.25) is 0 Å². The van der Waals surface area contributed by atoms with Gasteiger partial charge in [-0.15, -0.1) is 0 Å². The van der Waals surface area contributed by atoms with Crippen molar-refractivity contribution in [3.63, 3.8) is 0 Å². The van der Waals surface area contributed by atoms with E-state index < -0.39 is 12.7 Å². The molecule has 2 atom stereocenters. The minimum Gasteiger partial charge on any atom is -0.318 e. The third kappa shape index (κ3) is 3.20. The van der Waals surface area contributed by atoms with Crippen LogP contribution in [0.15, 0.2) is 24.3 Å². The van der Waals surface area contributed by atoms with E-state index in [2.05, 4.69) is 10.1 Å². The van der Waals surface area contributed by atoms with Crippen molar-refractivity contribution in [2.24, 2.45) is 0 Å². The Morgan fingerprint density at radius 1 is 1.24 bits per heavy atom. The molecule has 1 aromatic rings. The summed E-state index contributed by atoms with van der Waals surface area (Å²) in [5.41, 5.74) is 0.846. The number of ether oxygens (including phenoxy) is 1. The minimum absolute atomic E-state index is 0.106. The smallest absolute Gasteiger partial charge is 0.318 e. The topological polar surface area (TPSA) is 21.3 Å². The Kier molecular flexibility index (Phi) is 4.02. The first-order valence-electron chi connectivity index (χ1n) is 5.56. The first-order chi connectivity index (χ1) is 8.16. The predicted molar refractivity (Wildman–Crippen MR) is 57.5 cm³/mol. The van der Waals surface area contributed by atoms with Gasteiger partial charge in [0.05, 0.1) is 6.10 Å². The highest BCUT2D eigenvalue weighted by molar-refractivity contribution is 5.22. The molecule has 0 unspecified atom stereocenters. The number of halogens is 3. The van der Waals surface area contributed by atoms with Gasteiger partial charge >= 0.3 is 6.61 Å². The first-order valence-corrected chi connectivity index (χ1v) is 5.56. The van der Waals surface area contributed by atoms with Gasteiger partial charge in [-0.25, -0.2) is 4.39 Å². The lowest BCUT2D eigenvalue weighted by Gasteiger charge is -2.32. The molecule has 1 aromatic carbocycles. The summed E-state index contributed by atoms with van der Waals surface area (Å²) in [6.07, 6.45) is 0.150. The second-order valence-corrected chi connectivity index (χ2v) is 4.09. The van der Waals surface area contributed by atoms with Gasteiger partial charge in [-0.05, 0) is 30.7 Å². The fourth-order valence-corrected chi connectivity index (χ4v) is 2.20. The summed E-state index contributed by atoms with van der Waals surface area (Å²) >= 11 is 0. The Labute approximate surface area is 97.8 Å². The SMILES string of the molecule is Fc1ccc([C@H]2CCNC[C@@H]2OC(F)F)cc1. The Hall–Kier alpha value is -1.07. The monoisotopic (exact) mass is 245 g/mol. The molecule has 1 heterocycles.